The summed E-state index contributed by atoms with van der Waals surface area (Å²) >= 11 is 1.31. The molecule has 0 radical (unpaired) electrons. The summed E-state index contributed by atoms with van der Waals surface area (Å²) in [5.41, 5.74) is 2.78. The van der Waals surface area contributed by atoms with E-state index in [0.717, 1.165) is 21.6 Å². The molecule has 0 bridgehead atoms. The van der Waals surface area contributed by atoms with Crippen LogP contribution in [0.4, 0.5) is 4.39 Å². The number of halogens is 1. The zero-order valence-electron chi connectivity index (χ0n) is 14.5. The van der Waals surface area contributed by atoms with Gasteiger partial charge in [0, 0.05) is 28.2 Å². The van der Waals surface area contributed by atoms with Gasteiger partial charge in [0.2, 0.25) is 0 Å². The van der Waals surface area contributed by atoms with Gasteiger partial charge in [0.05, 0.1) is 11.6 Å². The number of nitriles is 1. The molecule has 1 atom stereocenters. The number of aromatic nitrogens is 1. The number of rotatable bonds is 2. The van der Waals surface area contributed by atoms with Crippen molar-refractivity contribution in [2.24, 2.45) is 0 Å². The van der Waals surface area contributed by atoms with E-state index in [1.54, 1.807) is 43.6 Å². The van der Waals surface area contributed by atoms with Gasteiger partial charge in [0.1, 0.15) is 10.6 Å². The molecule has 1 N–H and O–H groups in total. The summed E-state index contributed by atoms with van der Waals surface area (Å²) in [7, 11) is 0. The van der Waals surface area contributed by atoms with E-state index in [-0.39, 0.29) is 10.9 Å². The van der Waals surface area contributed by atoms with Crippen LogP contribution in [0.25, 0.3) is 21.9 Å². The number of aliphatic carboxylic acids is 1. The quantitative estimate of drug-likeness (QED) is 0.694. The van der Waals surface area contributed by atoms with Gasteiger partial charge in [0.25, 0.3) is 0 Å². The van der Waals surface area contributed by atoms with Crippen molar-refractivity contribution in [3.63, 3.8) is 0 Å². The zero-order valence-corrected chi connectivity index (χ0v) is 15.3. The Bertz CT molecular complexity index is 1140. The van der Waals surface area contributed by atoms with Gasteiger partial charge in [-0.15, -0.1) is 11.8 Å². The van der Waals surface area contributed by atoms with E-state index in [1.165, 1.54) is 17.8 Å². The van der Waals surface area contributed by atoms with Crippen molar-refractivity contribution in [3.05, 3.63) is 59.7 Å². The lowest BCUT2D eigenvalue weighted by molar-refractivity contribution is -0.139. The number of pyridine rings is 1. The number of carbonyl (C=O) groups is 1. The molecule has 4 rings (SSSR count). The number of fused-ring (bicyclic) bond motifs is 2. The van der Waals surface area contributed by atoms with Crippen molar-refractivity contribution in [1.29, 1.82) is 5.26 Å². The number of thioether (sulfide) groups is 1. The molecule has 134 valence electrons. The van der Waals surface area contributed by atoms with Gasteiger partial charge in [-0.3, -0.25) is 9.78 Å². The highest BCUT2D eigenvalue weighted by Crippen LogP contribution is 2.48. The van der Waals surface area contributed by atoms with Gasteiger partial charge < -0.3 is 5.11 Å². The Morgan fingerprint density at radius 2 is 2.11 bits per heavy atom. The van der Waals surface area contributed by atoms with Crippen LogP contribution < -0.4 is 0 Å². The first-order valence-electron chi connectivity index (χ1n) is 8.45. The van der Waals surface area contributed by atoms with Crippen LogP contribution in [0.1, 0.15) is 24.5 Å². The molecule has 1 aliphatic rings. The summed E-state index contributed by atoms with van der Waals surface area (Å²) in [6.07, 6.45) is 4.59. The summed E-state index contributed by atoms with van der Waals surface area (Å²) in [5.74, 6) is -1.30. The number of hydrogen-bond acceptors (Lipinski definition) is 4. The molecule has 0 saturated heterocycles. The molecule has 4 nitrogen and oxygen atoms in total. The predicted octanol–water partition coefficient (Wildman–Crippen LogP) is 4.79. The van der Waals surface area contributed by atoms with Crippen molar-refractivity contribution >= 4 is 28.5 Å². The fraction of sp³-hybridized carbons (Fsp3) is 0.190. The second-order valence-electron chi connectivity index (χ2n) is 6.75. The summed E-state index contributed by atoms with van der Waals surface area (Å²) in [6, 6.07) is 10.1. The maximum Gasteiger partial charge on any atom is 0.319 e. The summed E-state index contributed by atoms with van der Waals surface area (Å²) in [4.78, 5) is 16.9. The first kappa shape index (κ1) is 17.5. The average Bonchev–Trinajstić information content (AvgIpc) is 2.67. The maximum atomic E-state index is 14.4. The van der Waals surface area contributed by atoms with Crippen LogP contribution in [-0.2, 0) is 11.2 Å². The molecule has 2 heterocycles. The minimum absolute atomic E-state index is 0.271. The van der Waals surface area contributed by atoms with Gasteiger partial charge in [-0.25, -0.2) is 4.39 Å². The molecule has 3 aromatic rings. The number of hydrogen-bond donors (Lipinski definition) is 1. The second-order valence-corrected chi connectivity index (χ2v) is 8.26. The van der Waals surface area contributed by atoms with E-state index >= 15 is 0 Å². The smallest absolute Gasteiger partial charge is 0.319 e. The van der Waals surface area contributed by atoms with Crippen LogP contribution in [0.5, 0.6) is 0 Å². The Morgan fingerprint density at radius 1 is 1.30 bits per heavy atom. The third-order valence-electron chi connectivity index (χ3n) is 5.02. The van der Waals surface area contributed by atoms with E-state index in [4.69, 9.17) is 0 Å². The molecule has 1 aromatic heterocycles. The summed E-state index contributed by atoms with van der Waals surface area (Å²) in [6.45, 7) is 1.73. The Hall–Kier alpha value is -2.91. The molecule has 0 fully saturated rings. The first-order valence-corrected chi connectivity index (χ1v) is 9.27. The van der Waals surface area contributed by atoms with Gasteiger partial charge in [-0.05, 0) is 48.4 Å². The van der Waals surface area contributed by atoms with Crippen molar-refractivity contribution in [1.82, 2.24) is 4.98 Å². The molecule has 0 amide bonds. The van der Waals surface area contributed by atoms with Crippen LogP contribution in [0, 0.1) is 17.1 Å². The monoisotopic (exact) mass is 378 g/mol. The van der Waals surface area contributed by atoms with Gasteiger partial charge in [-0.2, -0.15) is 5.26 Å². The highest BCUT2D eigenvalue weighted by Gasteiger charge is 2.39. The lowest BCUT2D eigenvalue weighted by atomic mass is 9.93. The zero-order chi connectivity index (χ0) is 19.2. The lowest BCUT2D eigenvalue weighted by Gasteiger charge is -2.31. The normalized spacial score (nSPS) is 18.7. The van der Waals surface area contributed by atoms with E-state index in [0.29, 0.717) is 18.2 Å². The Labute approximate surface area is 159 Å². The minimum Gasteiger partial charge on any atom is -0.480 e. The van der Waals surface area contributed by atoms with Crippen LogP contribution in [0.15, 0.2) is 47.6 Å². The lowest BCUT2D eigenvalue weighted by Crippen LogP contribution is -2.34. The summed E-state index contributed by atoms with van der Waals surface area (Å²) < 4.78 is 13.5. The molecule has 27 heavy (non-hydrogen) atoms. The largest absolute Gasteiger partial charge is 0.480 e. The van der Waals surface area contributed by atoms with Crippen molar-refractivity contribution in [2.75, 3.05) is 0 Å². The Kier molecular flexibility index (Phi) is 4.12. The van der Waals surface area contributed by atoms with Crippen LogP contribution in [-0.4, -0.2) is 20.8 Å². The van der Waals surface area contributed by atoms with Crippen molar-refractivity contribution in [3.8, 4) is 17.2 Å². The van der Waals surface area contributed by atoms with Gasteiger partial charge in [-0.1, -0.05) is 18.2 Å². The fourth-order valence-corrected chi connectivity index (χ4v) is 4.77. The second kappa shape index (κ2) is 6.36. The van der Waals surface area contributed by atoms with Crippen molar-refractivity contribution in [2.45, 2.75) is 29.4 Å². The molecule has 0 spiro atoms. The van der Waals surface area contributed by atoms with Crippen molar-refractivity contribution < 1.29 is 14.3 Å². The van der Waals surface area contributed by atoms with Crippen LogP contribution >= 0.6 is 11.8 Å². The molecule has 1 unspecified atom stereocenters. The Balaban J connectivity index is 1.99. The molecule has 0 aliphatic carbocycles. The van der Waals surface area contributed by atoms with E-state index < -0.39 is 16.5 Å². The number of carboxylic acid groups (broad SMARTS) is 1. The molecule has 0 saturated carbocycles. The van der Waals surface area contributed by atoms with Gasteiger partial charge in [0.15, 0.2) is 0 Å². The molecular weight excluding hydrogens is 363 g/mol. The molecule has 6 heteroatoms. The summed E-state index contributed by atoms with van der Waals surface area (Å²) in [5, 5.41) is 19.9. The number of carboxylic acids is 1. The number of aryl methyl sites for hydroxylation is 1. The molecular formula is C21H15FN2O2S. The van der Waals surface area contributed by atoms with E-state index in [9.17, 15) is 19.6 Å². The van der Waals surface area contributed by atoms with Crippen LogP contribution in [0.2, 0.25) is 0 Å². The third-order valence-corrected chi connectivity index (χ3v) is 6.54. The highest BCUT2D eigenvalue weighted by molar-refractivity contribution is 8.01. The first-order chi connectivity index (χ1) is 12.9. The van der Waals surface area contributed by atoms with Gasteiger partial charge >= 0.3 is 5.97 Å². The topological polar surface area (TPSA) is 74.0 Å². The standard InChI is InChI=1S/C21H15FN2O2S/c1-21(20(25)26)8-7-13-10-24-11-16(19(13)27-21)14-6-5-12(9-23)18-15(14)3-2-4-17(18)22/h2-6,10-11H,7-8H2,1H3,(H,25,26). The number of benzene rings is 2. The third kappa shape index (κ3) is 2.75. The molecule has 1 aliphatic heterocycles. The Morgan fingerprint density at radius 3 is 2.85 bits per heavy atom. The fourth-order valence-electron chi connectivity index (χ4n) is 3.47. The predicted molar refractivity (Wildman–Crippen MR) is 102 cm³/mol. The average molecular weight is 378 g/mol. The SMILES string of the molecule is CC1(C(=O)O)CCc2cncc(-c3ccc(C#N)c4c(F)cccc34)c2S1. The molecule has 2 aromatic carbocycles. The highest BCUT2D eigenvalue weighted by atomic mass is 32.2. The number of nitrogens with zero attached hydrogens (tertiary/aromatic N) is 2. The van der Waals surface area contributed by atoms with Crippen LogP contribution in [0.3, 0.4) is 0 Å². The van der Waals surface area contributed by atoms with E-state index in [2.05, 4.69) is 4.98 Å². The maximum absolute atomic E-state index is 14.4. The van der Waals surface area contributed by atoms with E-state index in [1.807, 2.05) is 6.07 Å². The minimum atomic E-state index is -0.920.